The Morgan fingerprint density at radius 2 is 1.81 bits per heavy atom. The largest absolute Gasteiger partial charge is 0.336 e. The summed E-state index contributed by atoms with van der Waals surface area (Å²) in [6.45, 7) is 7.17. The smallest absolute Gasteiger partial charge is 0.260 e. The van der Waals surface area contributed by atoms with Gasteiger partial charge in [-0.3, -0.25) is 9.59 Å². The molecule has 2 amide bonds. The Bertz CT molecular complexity index is 1130. The highest BCUT2D eigenvalue weighted by Gasteiger charge is 2.40. The Kier molecular flexibility index (Phi) is 8.04. The molecule has 0 bridgehead atoms. The number of likely N-dealkylation sites (N-methyl/N-ethyl adjacent to an activating group) is 1. The Hall–Kier alpha value is -2.28. The molecule has 2 aliphatic heterocycles. The van der Waals surface area contributed by atoms with Crippen LogP contribution in [0.5, 0.6) is 0 Å². The van der Waals surface area contributed by atoms with Crippen LogP contribution in [0.25, 0.3) is 6.08 Å². The number of rotatable bonds is 5. The molecule has 36 heavy (non-hydrogen) atoms. The first-order chi connectivity index (χ1) is 17.5. The summed E-state index contributed by atoms with van der Waals surface area (Å²) in [5.74, 6) is 0.183. The van der Waals surface area contributed by atoms with Gasteiger partial charge >= 0.3 is 0 Å². The fourth-order valence-electron chi connectivity index (χ4n) is 5.52. The van der Waals surface area contributed by atoms with Gasteiger partial charge in [-0.05, 0) is 60.9 Å². The third-order valence-electron chi connectivity index (χ3n) is 7.62. The number of hydrogen-bond acceptors (Lipinski definition) is 4. The Labute approximate surface area is 223 Å². The van der Waals surface area contributed by atoms with Crippen molar-refractivity contribution in [2.75, 3.05) is 32.7 Å². The lowest BCUT2D eigenvalue weighted by molar-refractivity contribution is -0.130. The normalized spacial score (nSPS) is 24.2. The number of halogens is 1. The maximum atomic E-state index is 13.6. The van der Waals surface area contributed by atoms with E-state index >= 15 is 0 Å². The van der Waals surface area contributed by atoms with Crippen LogP contribution >= 0.6 is 23.4 Å². The van der Waals surface area contributed by atoms with Gasteiger partial charge in [0.2, 0.25) is 0 Å². The van der Waals surface area contributed by atoms with Crippen molar-refractivity contribution in [1.29, 1.82) is 0 Å². The Morgan fingerprint density at radius 1 is 1.06 bits per heavy atom. The van der Waals surface area contributed by atoms with Crippen molar-refractivity contribution < 1.29 is 9.59 Å². The first-order valence-corrected chi connectivity index (χ1v) is 14.3. The molecule has 2 heterocycles. The molecule has 190 valence electrons. The van der Waals surface area contributed by atoms with Gasteiger partial charge in [-0.1, -0.05) is 55.6 Å². The van der Waals surface area contributed by atoms with Gasteiger partial charge in [0.25, 0.3) is 11.8 Å². The van der Waals surface area contributed by atoms with Gasteiger partial charge in [0, 0.05) is 54.6 Å². The molecule has 0 N–H and O–H groups in total. The number of piperazine rings is 1. The molecule has 5 nitrogen and oxygen atoms in total. The average molecular weight is 524 g/mol. The van der Waals surface area contributed by atoms with Crippen molar-refractivity contribution in [3.05, 3.63) is 75.1 Å². The van der Waals surface area contributed by atoms with Gasteiger partial charge in [0.05, 0.1) is 4.91 Å². The minimum Gasteiger partial charge on any atom is -0.336 e. The van der Waals surface area contributed by atoms with Crippen LogP contribution in [0.1, 0.15) is 54.1 Å². The molecular weight excluding hydrogens is 490 g/mol. The standard InChI is InChI=1S/C29H34ClN3O2S/c1-2-31-14-16-32(17-15-31)28(34)23-12-10-21(11-13-23)19-27-29(35)33(20-22-6-5-7-24(30)18-22)25-8-3-4-9-26(25)36-27/h5-7,10-13,18-19,25-26H,2-4,8-9,14-17,20H2,1H3/b27-19+. The summed E-state index contributed by atoms with van der Waals surface area (Å²) in [5, 5.41) is 1.12. The highest BCUT2D eigenvalue weighted by Crippen LogP contribution is 2.42. The molecule has 2 unspecified atom stereocenters. The monoisotopic (exact) mass is 523 g/mol. The van der Waals surface area contributed by atoms with E-state index < -0.39 is 0 Å². The molecular formula is C29H34ClN3O2S. The molecule has 1 saturated carbocycles. The van der Waals surface area contributed by atoms with Gasteiger partial charge in [-0.15, -0.1) is 11.8 Å². The van der Waals surface area contributed by atoms with Crippen LogP contribution in [0.2, 0.25) is 5.02 Å². The number of thioether (sulfide) groups is 1. The van der Waals surface area contributed by atoms with Crippen molar-refractivity contribution >= 4 is 41.3 Å². The van der Waals surface area contributed by atoms with Crippen LogP contribution in [0.4, 0.5) is 0 Å². The lowest BCUT2D eigenvalue weighted by Gasteiger charge is -2.44. The average Bonchev–Trinajstić information content (AvgIpc) is 2.91. The number of benzene rings is 2. The molecule has 0 radical (unpaired) electrons. The molecule has 7 heteroatoms. The van der Waals surface area contributed by atoms with E-state index in [1.165, 1.54) is 12.8 Å². The fraction of sp³-hybridized carbons (Fsp3) is 0.448. The first kappa shape index (κ1) is 25.4. The fourth-order valence-corrected chi connectivity index (χ4v) is 7.20. The van der Waals surface area contributed by atoms with Crippen LogP contribution < -0.4 is 0 Å². The van der Waals surface area contributed by atoms with Crippen molar-refractivity contribution in [1.82, 2.24) is 14.7 Å². The van der Waals surface area contributed by atoms with Crippen LogP contribution in [0.15, 0.2) is 53.4 Å². The number of carbonyl (C=O) groups is 2. The second kappa shape index (κ2) is 11.4. The first-order valence-electron chi connectivity index (χ1n) is 13.1. The number of amides is 2. The van der Waals surface area contributed by atoms with E-state index in [9.17, 15) is 9.59 Å². The van der Waals surface area contributed by atoms with Crippen molar-refractivity contribution in [3.63, 3.8) is 0 Å². The summed E-state index contributed by atoms with van der Waals surface area (Å²) in [6.07, 6.45) is 6.56. The molecule has 2 saturated heterocycles. The second-order valence-corrected chi connectivity index (χ2v) is 11.6. The predicted molar refractivity (Wildman–Crippen MR) is 148 cm³/mol. The topological polar surface area (TPSA) is 43.9 Å². The van der Waals surface area contributed by atoms with E-state index in [2.05, 4.69) is 16.7 Å². The van der Waals surface area contributed by atoms with Crippen LogP contribution in [0.3, 0.4) is 0 Å². The molecule has 3 aliphatic rings. The number of hydrogen-bond donors (Lipinski definition) is 0. The number of fused-ring (bicyclic) bond motifs is 1. The molecule has 0 aromatic heterocycles. The molecule has 1 aliphatic carbocycles. The van der Waals surface area contributed by atoms with Crippen LogP contribution in [-0.4, -0.2) is 70.5 Å². The van der Waals surface area contributed by atoms with E-state index in [4.69, 9.17) is 11.6 Å². The molecule has 3 fully saturated rings. The summed E-state index contributed by atoms with van der Waals surface area (Å²) in [4.78, 5) is 33.8. The summed E-state index contributed by atoms with van der Waals surface area (Å²) in [5.41, 5.74) is 2.73. The lowest BCUT2D eigenvalue weighted by Crippen LogP contribution is -2.50. The van der Waals surface area contributed by atoms with Gasteiger partial charge in [-0.25, -0.2) is 0 Å². The number of carbonyl (C=O) groups excluding carboxylic acids is 2. The third kappa shape index (κ3) is 5.66. The SMILES string of the molecule is CCN1CCN(C(=O)c2ccc(/C=C3/SC4CCCCC4N(Cc4cccc(Cl)c4)C3=O)cc2)CC1. The maximum Gasteiger partial charge on any atom is 0.260 e. The minimum absolute atomic E-state index is 0.0887. The summed E-state index contributed by atoms with van der Waals surface area (Å²) >= 11 is 7.96. The highest BCUT2D eigenvalue weighted by molar-refractivity contribution is 8.04. The molecule has 5 rings (SSSR count). The van der Waals surface area contributed by atoms with Crippen molar-refractivity contribution in [2.45, 2.75) is 50.4 Å². The zero-order valence-electron chi connectivity index (χ0n) is 20.9. The third-order valence-corrected chi connectivity index (χ3v) is 9.26. The van der Waals surface area contributed by atoms with Gasteiger partial charge in [0.15, 0.2) is 0 Å². The van der Waals surface area contributed by atoms with Crippen molar-refractivity contribution in [2.24, 2.45) is 0 Å². The van der Waals surface area contributed by atoms with Gasteiger partial charge in [0.1, 0.15) is 0 Å². The lowest BCUT2D eigenvalue weighted by atomic mass is 9.92. The van der Waals surface area contributed by atoms with Crippen LogP contribution in [-0.2, 0) is 11.3 Å². The van der Waals surface area contributed by atoms with E-state index in [-0.39, 0.29) is 17.9 Å². The van der Waals surface area contributed by atoms with E-state index in [1.807, 2.05) is 59.5 Å². The maximum absolute atomic E-state index is 13.6. The molecule has 2 aromatic carbocycles. The quantitative estimate of drug-likeness (QED) is 0.482. The second-order valence-electron chi connectivity index (χ2n) is 9.93. The zero-order chi connectivity index (χ0) is 25.1. The highest BCUT2D eigenvalue weighted by atomic mass is 35.5. The van der Waals surface area contributed by atoms with Crippen molar-refractivity contribution in [3.8, 4) is 0 Å². The van der Waals surface area contributed by atoms with E-state index in [0.29, 0.717) is 22.4 Å². The predicted octanol–water partition coefficient (Wildman–Crippen LogP) is 5.55. The van der Waals surface area contributed by atoms with Crippen LogP contribution in [0, 0.1) is 0 Å². The summed E-state index contributed by atoms with van der Waals surface area (Å²) < 4.78 is 0. The number of nitrogens with zero attached hydrogens (tertiary/aromatic N) is 3. The minimum atomic E-state index is 0.0887. The van der Waals surface area contributed by atoms with Gasteiger partial charge < -0.3 is 14.7 Å². The van der Waals surface area contributed by atoms with E-state index in [1.54, 1.807) is 11.8 Å². The molecule has 2 atom stereocenters. The molecule has 0 spiro atoms. The zero-order valence-corrected chi connectivity index (χ0v) is 22.4. The Balaban J connectivity index is 1.32. The summed E-state index contributed by atoms with van der Waals surface area (Å²) in [6, 6.07) is 15.8. The molecule has 2 aromatic rings. The Morgan fingerprint density at radius 3 is 2.53 bits per heavy atom. The van der Waals surface area contributed by atoms with Gasteiger partial charge in [-0.2, -0.15) is 0 Å². The summed E-state index contributed by atoms with van der Waals surface area (Å²) in [7, 11) is 0. The van der Waals surface area contributed by atoms with E-state index in [0.717, 1.165) is 61.6 Å².